The van der Waals surface area contributed by atoms with Gasteiger partial charge >= 0.3 is 57.6 Å². The van der Waals surface area contributed by atoms with Crippen LogP contribution in [0, 0.1) is 11.3 Å². The minimum Gasteiger partial charge on any atom is -0.850 e. The SMILES string of the molecule is CCC(C)(C)[O-].N#CCC(=O)c1cc(C(F)(F)F)ccc1Cl.[K+]. The molecule has 0 aromatic heterocycles. The molecule has 0 heterocycles. The molecule has 1 aromatic rings. The molecule has 0 aliphatic heterocycles. The maximum Gasteiger partial charge on any atom is 1.00 e. The van der Waals surface area contributed by atoms with Gasteiger partial charge in [0.1, 0.15) is 0 Å². The van der Waals surface area contributed by atoms with Crippen LogP contribution in [0.1, 0.15) is 49.5 Å². The van der Waals surface area contributed by atoms with Gasteiger partial charge in [-0.15, -0.1) is 5.60 Å². The van der Waals surface area contributed by atoms with Crippen molar-refractivity contribution in [3.8, 4) is 6.07 Å². The summed E-state index contributed by atoms with van der Waals surface area (Å²) in [6, 6.07) is 3.99. The molecule has 0 aliphatic carbocycles. The Labute approximate surface area is 181 Å². The van der Waals surface area contributed by atoms with Crippen LogP contribution in [-0.4, -0.2) is 11.4 Å². The van der Waals surface area contributed by atoms with E-state index >= 15 is 0 Å². The van der Waals surface area contributed by atoms with Crippen molar-refractivity contribution in [1.29, 1.82) is 5.26 Å². The Bertz CT molecular complexity index is 563. The maximum atomic E-state index is 12.3. The molecule has 3 nitrogen and oxygen atoms in total. The first-order chi connectivity index (χ1) is 9.92. The fourth-order valence-corrected chi connectivity index (χ4v) is 1.31. The van der Waals surface area contributed by atoms with E-state index in [4.69, 9.17) is 16.9 Å². The van der Waals surface area contributed by atoms with Crippen molar-refractivity contribution in [3.63, 3.8) is 0 Å². The zero-order valence-electron chi connectivity index (χ0n) is 13.4. The summed E-state index contributed by atoms with van der Waals surface area (Å²) in [6.07, 6.45) is -4.32. The topological polar surface area (TPSA) is 63.9 Å². The van der Waals surface area contributed by atoms with Gasteiger partial charge in [-0.05, 0) is 18.2 Å². The van der Waals surface area contributed by atoms with Gasteiger partial charge in [0.15, 0.2) is 5.78 Å². The van der Waals surface area contributed by atoms with Crippen LogP contribution in [0.2, 0.25) is 5.02 Å². The van der Waals surface area contributed by atoms with Gasteiger partial charge in [-0.2, -0.15) is 18.4 Å². The first-order valence-electron chi connectivity index (χ1n) is 6.39. The number of hydrogen-bond donors (Lipinski definition) is 0. The molecule has 0 radical (unpaired) electrons. The first-order valence-corrected chi connectivity index (χ1v) is 6.77. The minimum atomic E-state index is -4.54. The largest absolute Gasteiger partial charge is 1.00 e. The van der Waals surface area contributed by atoms with Crippen molar-refractivity contribution in [2.24, 2.45) is 0 Å². The fourth-order valence-electron chi connectivity index (χ4n) is 1.08. The number of nitrogens with zero attached hydrogens (tertiary/aromatic N) is 1. The molecular weight excluding hydrogens is 358 g/mol. The second-order valence-corrected chi connectivity index (χ2v) is 5.47. The molecule has 0 aliphatic rings. The quantitative estimate of drug-likeness (QED) is 0.586. The zero-order valence-corrected chi connectivity index (χ0v) is 17.3. The van der Waals surface area contributed by atoms with E-state index in [0.29, 0.717) is 12.5 Å². The third-order valence-electron chi connectivity index (χ3n) is 2.69. The summed E-state index contributed by atoms with van der Waals surface area (Å²) in [7, 11) is 0. The Hall–Kier alpha value is 0.0564. The van der Waals surface area contributed by atoms with Gasteiger partial charge in [-0.25, -0.2) is 0 Å². The predicted octanol–water partition coefficient (Wildman–Crippen LogP) is 0.994. The number of nitriles is 1. The maximum absolute atomic E-state index is 12.3. The van der Waals surface area contributed by atoms with Crippen molar-refractivity contribution in [2.75, 3.05) is 0 Å². The Morgan fingerprint density at radius 1 is 1.35 bits per heavy atom. The van der Waals surface area contributed by atoms with Crippen molar-refractivity contribution >= 4 is 17.4 Å². The summed E-state index contributed by atoms with van der Waals surface area (Å²) < 4.78 is 37.0. The minimum absolute atomic E-state index is 0. The Kier molecular flexibility index (Phi) is 11.9. The van der Waals surface area contributed by atoms with E-state index in [9.17, 15) is 23.1 Å². The smallest absolute Gasteiger partial charge is 0.850 e. The summed E-state index contributed by atoms with van der Waals surface area (Å²) in [5.41, 5.74) is -1.95. The van der Waals surface area contributed by atoms with Gasteiger partial charge < -0.3 is 5.11 Å². The molecule has 0 saturated carbocycles. The van der Waals surface area contributed by atoms with Crippen molar-refractivity contribution in [3.05, 3.63) is 34.3 Å². The molecule has 8 heteroatoms. The molecule has 0 spiro atoms. The van der Waals surface area contributed by atoms with Gasteiger partial charge in [0.05, 0.1) is 23.1 Å². The molecule has 0 fully saturated rings. The second kappa shape index (κ2) is 10.8. The molecule has 0 atom stereocenters. The van der Waals surface area contributed by atoms with Crippen LogP contribution >= 0.6 is 11.6 Å². The zero-order chi connectivity index (χ0) is 17.6. The van der Waals surface area contributed by atoms with Gasteiger partial charge in [0.2, 0.25) is 0 Å². The number of carbonyl (C=O) groups is 1. The fraction of sp³-hybridized carbons (Fsp3) is 0.467. The van der Waals surface area contributed by atoms with E-state index < -0.39 is 29.5 Å². The normalized spacial score (nSPS) is 10.7. The van der Waals surface area contributed by atoms with Crippen molar-refractivity contribution in [2.45, 2.75) is 45.4 Å². The van der Waals surface area contributed by atoms with E-state index in [1.54, 1.807) is 19.9 Å². The number of carbonyl (C=O) groups excluding carboxylic acids is 1. The number of Topliss-reactive ketones (excluding diaryl/α,β-unsaturated/α-hetero) is 1. The van der Waals surface area contributed by atoms with Crippen molar-refractivity contribution < 1.29 is 74.5 Å². The monoisotopic (exact) mass is 373 g/mol. The summed E-state index contributed by atoms with van der Waals surface area (Å²) in [5.74, 6) is -0.724. The number of hydrogen-bond acceptors (Lipinski definition) is 3. The van der Waals surface area contributed by atoms with E-state index in [0.717, 1.165) is 12.1 Å². The molecule has 23 heavy (non-hydrogen) atoms. The molecule has 122 valence electrons. The molecule has 1 aromatic carbocycles. The molecule has 0 N–H and O–H groups in total. The van der Waals surface area contributed by atoms with E-state index in [2.05, 4.69) is 0 Å². The molecule has 0 amide bonds. The summed E-state index contributed by atoms with van der Waals surface area (Å²) in [5, 5.41) is 18.7. The van der Waals surface area contributed by atoms with Crippen LogP contribution in [-0.2, 0) is 6.18 Å². The van der Waals surface area contributed by atoms with Crippen LogP contribution in [0.5, 0.6) is 0 Å². The summed E-state index contributed by atoms with van der Waals surface area (Å²) >= 11 is 5.58. The predicted molar refractivity (Wildman–Crippen MR) is 75.4 cm³/mol. The summed E-state index contributed by atoms with van der Waals surface area (Å²) in [4.78, 5) is 11.3. The van der Waals surface area contributed by atoms with Crippen LogP contribution < -0.4 is 56.5 Å². The van der Waals surface area contributed by atoms with Crippen LogP contribution in [0.4, 0.5) is 13.2 Å². The van der Waals surface area contributed by atoms with Crippen LogP contribution in [0.3, 0.4) is 0 Å². The van der Waals surface area contributed by atoms with Crippen LogP contribution in [0.25, 0.3) is 0 Å². The standard InChI is InChI=1S/C10H5ClF3NO.C5H11O.K/c11-8-2-1-6(10(12,13)14)5-7(8)9(16)3-4-15;1-4-5(2,3)6;/h1-2,5H,3H2;4H2,1-3H3;/q;-1;+1. The molecule has 0 bridgehead atoms. The number of alkyl halides is 3. The Morgan fingerprint density at radius 2 is 1.83 bits per heavy atom. The molecular formula is C15H16ClF3KNO2. The third kappa shape index (κ3) is 10.5. The van der Waals surface area contributed by atoms with Gasteiger partial charge in [0, 0.05) is 5.56 Å². The Morgan fingerprint density at radius 3 is 2.17 bits per heavy atom. The van der Waals surface area contributed by atoms with Crippen LogP contribution in [0.15, 0.2) is 18.2 Å². The second-order valence-electron chi connectivity index (χ2n) is 5.06. The molecule has 1 rings (SSSR count). The van der Waals surface area contributed by atoms with E-state index in [-0.39, 0.29) is 62.0 Å². The third-order valence-corrected chi connectivity index (χ3v) is 3.01. The van der Waals surface area contributed by atoms with Gasteiger partial charge in [0.25, 0.3) is 0 Å². The first kappa shape index (κ1) is 25.3. The number of benzene rings is 1. The molecule has 0 saturated heterocycles. The number of rotatable bonds is 3. The van der Waals surface area contributed by atoms with E-state index in [1.807, 2.05) is 6.92 Å². The average molecular weight is 374 g/mol. The van der Waals surface area contributed by atoms with Gasteiger partial charge in [-0.1, -0.05) is 38.8 Å². The average Bonchev–Trinajstić information content (AvgIpc) is 2.38. The number of halogens is 4. The summed E-state index contributed by atoms with van der Waals surface area (Å²) in [6.45, 7) is 5.27. The van der Waals surface area contributed by atoms with Gasteiger partial charge in [-0.3, -0.25) is 4.79 Å². The number of ketones is 1. The molecule has 0 unspecified atom stereocenters. The Balaban J connectivity index is 0. The van der Waals surface area contributed by atoms with Crippen molar-refractivity contribution in [1.82, 2.24) is 0 Å². The van der Waals surface area contributed by atoms with E-state index in [1.165, 1.54) is 0 Å².